The Morgan fingerprint density at radius 2 is 1.46 bits per heavy atom. The molecule has 0 aliphatic heterocycles. The van der Waals surface area contributed by atoms with E-state index in [2.05, 4.69) is 26.5 Å². The molecule has 0 radical (unpaired) electrons. The third kappa shape index (κ3) is 4.18. The average Bonchev–Trinajstić information content (AvgIpc) is 2.64. The standard InChI is InChI=1S/C20H15BrN2O/c21-19-12-6-15(7-13-19)14-22-23-20(24)18-10-8-17(9-11-18)16-4-2-1-3-5-16/h1-14H,(H,23,24)/b22-14+. The number of hydrogen-bond acceptors (Lipinski definition) is 2. The molecule has 4 heteroatoms. The second kappa shape index (κ2) is 7.70. The molecular formula is C20H15BrN2O. The predicted molar refractivity (Wildman–Crippen MR) is 101 cm³/mol. The fourth-order valence-electron chi connectivity index (χ4n) is 2.22. The van der Waals surface area contributed by atoms with Crippen molar-refractivity contribution < 1.29 is 4.79 Å². The number of nitrogens with one attached hydrogen (secondary N) is 1. The molecule has 24 heavy (non-hydrogen) atoms. The van der Waals surface area contributed by atoms with Gasteiger partial charge in [0.05, 0.1) is 6.21 Å². The van der Waals surface area contributed by atoms with Crippen LogP contribution in [0.3, 0.4) is 0 Å². The molecular weight excluding hydrogens is 364 g/mol. The number of benzene rings is 3. The summed E-state index contributed by atoms with van der Waals surface area (Å²) >= 11 is 3.38. The second-order valence-corrected chi connectivity index (χ2v) is 6.11. The zero-order valence-corrected chi connectivity index (χ0v) is 14.4. The van der Waals surface area contributed by atoms with Gasteiger partial charge in [0.1, 0.15) is 0 Å². The minimum absolute atomic E-state index is 0.233. The molecule has 3 aromatic rings. The number of carbonyl (C=O) groups excluding carboxylic acids is 1. The Kier molecular flexibility index (Phi) is 5.18. The summed E-state index contributed by atoms with van der Waals surface area (Å²) in [5, 5.41) is 3.99. The number of rotatable bonds is 4. The van der Waals surface area contributed by atoms with Crippen LogP contribution in [0.15, 0.2) is 88.4 Å². The molecule has 0 aliphatic carbocycles. The maximum absolute atomic E-state index is 12.1. The van der Waals surface area contributed by atoms with Gasteiger partial charge in [0.2, 0.25) is 0 Å². The first-order valence-corrected chi connectivity index (χ1v) is 8.26. The number of halogens is 1. The van der Waals surface area contributed by atoms with Gasteiger partial charge in [-0.25, -0.2) is 5.43 Å². The molecule has 1 N–H and O–H groups in total. The fraction of sp³-hybridized carbons (Fsp3) is 0. The van der Waals surface area contributed by atoms with Gasteiger partial charge >= 0.3 is 0 Å². The minimum atomic E-state index is -0.233. The van der Waals surface area contributed by atoms with Gasteiger partial charge in [-0.15, -0.1) is 0 Å². The number of amides is 1. The van der Waals surface area contributed by atoms with Crippen molar-refractivity contribution in [1.29, 1.82) is 0 Å². The lowest BCUT2D eigenvalue weighted by Crippen LogP contribution is -2.17. The summed E-state index contributed by atoms with van der Waals surface area (Å²) < 4.78 is 1.00. The zero-order valence-electron chi connectivity index (χ0n) is 12.8. The van der Waals surface area contributed by atoms with E-state index in [4.69, 9.17) is 0 Å². The predicted octanol–water partition coefficient (Wildman–Crippen LogP) is 4.88. The Bertz CT molecular complexity index is 841. The van der Waals surface area contributed by atoms with Crippen LogP contribution in [-0.4, -0.2) is 12.1 Å². The van der Waals surface area contributed by atoms with Crippen LogP contribution in [0.5, 0.6) is 0 Å². The molecule has 0 bridgehead atoms. The molecule has 0 saturated heterocycles. The molecule has 0 atom stereocenters. The van der Waals surface area contributed by atoms with Gasteiger partial charge < -0.3 is 0 Å². The molecule has 1 amide bonds. The molecule has 3 rings (SSSR count). The van der Waals surface area contributed by atoms with E-state index >= 15 is 0 Å². The third-order valence-corrected chi connectivity index (χ3v) is 4.03. The van der Waals surface area contributed by atoms with Crippen LogP contribution in [0, 0.1) is 0 Å². The van der Waals surface area contributed by atoms with Crippen molar-refractivity contribution in [1.82, 2.24) is 5.43 Å². The van der Waals surface area contributed by atoms with Crippen molar-refractivity contribution in [3.05, 3.63) is 94.5 Å². The van der Waals surface area contributed by atoms with E-state index in [0.29, 0.717) is 5.56 Å². The molecule has 3 aromatic carbocycles. The molecule has 0 unspecified atom stereocenters. The van der Waals surface area contributed by atoms with Gasteiger partial charge in [0.25, 0.3) is 5.91 Å². The van der Waals surface area contributed by atoms with Crippen LogP contribution >= 0.6 is 15.9 Å². The summed E-state index contributed by atoms with van der Waals surface area (Å²) in [6, 6.07) is 25.2. The quantitative estimate of drug-likeness (QED) is 0.510. The highest BCUT2D eigenvalue weighted by Crippen LogP contribution is 2.19. The third-order valence-electron chi connectivity index (χ3n) is 3.50. The van der Waals surface area contributed by atoms with Crippen molar-refractivity contribution in [2.45, 2.75) is 0 Å². The van der Waals surface area contributed by atoms with Crippen LogP contribution in [0.4, 0.5) is 0 Å². The van der Waals surface area contributed by atoms with Crippen LogP contribution in [0.25, 0.3) is 11.1 Å². The smallest absolute Gasteiger partial charge is 0.267 e. The van der Waals surface area contributed by atoms with E-state index in [1.807, 2.05) is 66.7 Å². The normalized spacial score (nSPS) is 10.7. The van der Waals surface area contributed by atoms with Gasteiger partial charge in [0.15, 0.2) is 0 Å². The number of hydrogen-bond donors (Lipinski definition) is 1. The molecule has 118 valence electrons. The van der Waals surface area contributed by atoms with Crippen molar-refractivity contribution in [3.63, 3.8) is 0 Å². The highest BCUT2D eigenvalue weighted by molar-refractivity contribution is 9.10. The highest BCUT2D eigenvalue weighted by Gasteiger charge is 2.04. The van der Waals surface area contributed by atoms with E-state index in [9.17, 15) is 4.79 Å². The van der Waals surface area contributed by atoms with E-state index in [-0.39, 0.29) is 5.91 Å². The summed E-state index contributed by atoms with van der Waals surface area (Å²) in [5.74, 6) is -0.233. The Morgan fingerprint density at radius 3 is 2.12 bits per heavy atom. The van der Waals surface area contributed by atoms with Crippen LogP contribution < -0.4 is 5.43 Å². The van der Waals surface area contributed by atoms with Crippen molar-refractivity contribution in [2.75, 3.05) is 0 Å². The van der Waals surface area contributed by atoms with E-state index in [1.165, 1.54) is 0 Å². The maximum atomic E-state index is 12.1. The van der Waals surface area contributed by atoms with Gasteiger partial charge in [0, 0.05) is 10.0 Å². The lowest BCUT2D eigenvalue weighted by atomic mass is 10.0. The minimum Gasteiger partial charge on any atom is -0.267 e. The molecule has 0 heterocycles. The maximum Gasteiger partial charge on any atom is 0.271 e. The average molecular weight is 379 g/mol. The van der Waals surface area contributed by atoms with Gasteiger partial charge in [-0.3, -0.25) is 4.79 Å². The van der Waals surface area contributed by atoms with Gasteiger partial charge in [-0.2, -0.15) is 5.10 Å². The van der Waals surface area contributed by atoms with Crippen molar-refractivity contribution in [3.8, 4) is 11.1 Å². The number of carbonyl (C=O) groups is 1. The first-order valence-electron chi connectivity index (χ1n) is 7.47. The van der Waals surface area contributed by atoms with E-state index in [0.717, 1.165) is 21.2 Å². The first-order chi connectivity index (χ1) is 11.7. The lowest BCUT2D eigenvalue weighted by Gasteiger charge is -2.03. The summed E-state index contributed by atoms with van der Waals surface area (Å²) in [5.41, 5.74) is 6.22. The first kappa shape index (κ1) is 16.1. The molecule has 0 saturated carbocycles. The number of nitrogens with zero attached hydrogens (tertiary/aromatic N) is 1. The highest BCUT2D eigenvalue weighted by atomic mass is 79.9. The molecule has 0 spiro atoms. The topological polar surface area (TPSA) is 41.5 Å². The van der Waals surface area contributed by atoms with Crippen molar-refractivity contribution in [2.24, 2.45) is 5.10 Å². The van der Waals surface area contributed by atoms with E-state index < -0.39 is 0 Å². The molecule has 3 nitrogen and oxygen atoms in total. The Balaban J connectivity index is 1.64. The summed E-state index contributed by atoms with van der Waals surface area (Å²) in [6.07, 6.45) is 1.61. The Hall–Kier alpha value is -2.72. The number of hydrazone groups is 1. The molecule has 0 fully saturated rings. The Morgan fingerprint density at radius 1 is 0.833 bits per heavy atom. The SMILES string of the molecule is O=C(N/N=C/c1ccc(Br)cc1)c1ccc(-c2ccccc2)cc1. The summed E-state index contributed by atoms with van der Waals surface area (Å²) in [7, 11) is 0. The van der Waals surface area contributed by atoms with Crippen molar-refractivity contribution >= 4 is 28.1 Å². The van der Waals surface area contributed by atoms with Gasteiger partial charge in [-0.1, -0.05) is 70.5 Å². The fourth-order valence-corrected chi connectivity index (χ4v) is 2.49. The second-order valence-electron chi connectivity index (χ2n) is 5.19. The molecule has 0 aromatic heterocycles. The Labute approximate surface area is 149 Å². The monoisotopic (exact) mass is 378 g/mol. The van der Waals surface area contributed by atoms with E-state index in [1.54, 1.807) is 18.3 Å². The van der Waals surface area contributed by atoms with Crippen LogP contribution in [0.2, 0.25) is 0 Å². The van der Waals surface area contributed by atoms with Gasteiger partial charge in [-0.05, 0) is 41.0 Å². The molecule has 0 aliphatic rings. The summed E-state index contributed by atoms with van der Waals surface area (Å²) in [6.45, 7) is 0. The summed E-state index contributed by atoms with van der Waals surface area (Å²) in [4.78, 5) is 12.1. The zero-order chi connectivity index (χ0) is 16.8. The lowest BCUT2D eigenvalue weighted by molar-refractivity contribution is 0.0955. The van der Waals surface area contributed by atoms with Crippen LogP contribution in [-0.2, 0) is 0 Å². The van der Waals surface area contributed by atoms with Crippen LogP contribution in [0.1, 0.15) is 15.9 Å². The largest absolute Gasteiger partial charge is 0.271 e.